The molecule has 2 amide bonds. The van der Waals surface area contributed by atoms with Crippen molar-refractivity contribution in [1.82, 2.24) is 10.2 Å². The van der Waals surface area contributed by atoms with Crippen LogP contribution in [0.3, 0.4) is 0 Å². The summed E-state index contributed by atoms with van der Waals surface area (Å²) in [4.78, 5) is 24.5. The summed E-state index contributed by atoms with van der Waals surface area (Å²) < 4.78 is 0. The third kappa shape index (κ3) is 4.78. The Balaban J connectivity index is 4.06. The number of likely N-dealkylation sites (N-methyl/N-ethyl adjacent to an activating group) is 1. The minimum atomic E-state index is -0.941. The first-order chi connectivity index (χ1) is 6.82. The quantitative estimate of drug-likeness (QED) is 0.661. The summed E-state index contributed by atoms with van der Waals surface area (Å²) in [5, 5.41) is 2.52. The third-order valence-corrected chi connectivity index (χ3v) is 2.10. The molecule has 5 nitrogen and oxygen atoms in total. The Morgan fingerprint density at radius 3 is 2.07 bits per heavy atom. The van der Waals surface area contributed by atoms with E-state index in [1.807, 2.05) is 13.8 Å². The van der Waals surface area contributed by atoms with E-state index in [0.717, 1.165) is 0 Å². The number of nitrogens with one attached hydrogen (secondary N) is 1. The Bertz CT molecular complexity index is 229. The molecule has 0 saturated heterocycles. The number of nitrogens with zero attached hydrogens (tertiary/aromatic N) is 1. The predicted molar refractivity (Wildman–Crippen MR) is 59.2 cm³/mol. The molecule has 0 aromatic carbocycles. The molecule has 5 heteroatoms. The van der Waals surface area contributed by atoms with Gasteiger partial charge in [0.05, 0.1) is 12.1 Å². The molecule has 0 rings (SSSR count). The van der Waals surface area contributed by atoms with Crippen molar-refractivity contribution in [2.75, 3.05) is 19.6 Å². The summed E-state index contributed by atoms with van der Waals surface area (Å²) in [6.45, 7) is 8.32. The van der Waals surface area contributed by atoms with Crippen molar-refractivity contribution in [3.8, 4) is 0 Å². The molecule has 3 N–H and O–H groups in total. The zero-order valence-electron chi connectivity index (χ0n) is 9.96. The van der Waals surface area contributed by atoms with Gasteiger partial charge < -0.3 is 16.0 Å². The van der Waals surface area contributed by atoms with E-state index in [-0.39, 0.29) is 18.4 Å². The minimum absolute atomic E-state index is 0.0150. The Kier molecular flexibility index (Phi) is 5.28. The van der Waals surface area contributed by atoms with Crippen molar-refractivity contribution in [2.45, 2.75) is 33.2 Å². The maximum absolute atomic E-state index is 11.5. The normalized spacial score (nSPS) is 11.0. The fraction of sp³-hybridized carbons (Fsp3) is 0.800. The van der Waals surface area contributed by atoms with E-state index in [2.05, 4.69) is 5.32 Å². The Morgan fingerprint density at radius 1 is 1.27 bits per heavy atom. The van der Waals surface area contributed by atoms with Gasteiger partial charge in [-0.1, -0.05) is 0 Å². The first kappa shape index (κ1) is 13.9. The summed E-state index contributed by atoms with van der Waals surface area (Å²) >= 11 is 0. The molecule has 0 aromatic heterocycles. The van der Waals surface area contributed by atoms with Gasteiger partial charge in [0, 0.05) is 13.1 Å². The van der Waals surface area contributed by atoms with E-state index in [4.69, 9.17) is 5.73 Å². The average Bonchev–Trinajstić information content (AvgIpc) is 2.14. The van der Waals surface area contributed by atoms with Crippen molar-refractivity contribution < 1.29 is 9.59 Å². The van der Waals surface area contributed by atoms with Crippen LogP contribution >= 0.6 is 0 Å². The van der Waals surface area contributed by atoms with Gasteiger partial charge in [-0.25, -0.2) is 0 Å². The highest BCUT2D eigenvalue weighted by atomic mass is 16.2. The van der Waals surface area contributed by atoms with Gasteiger partial charge in [-0.2, -0.15) is 0 Å². The van der Waals surface area contributed by atoms with Crippen molar-refractivity contribution in [3.05, 3.63) is 0 Å². The Labute approximate surface area is 91.0 Å². The molecule has 0 aliphatic rings. The molecule has 0 heterocycles. The Morgan fingerprint density at radius 2 is 1.73 bits per heavy atom. The lowest BCUT2D eigenvalue weighted by molar-refractivity contribution is -0.133. The molecule has 15 heavy (non-hydrogen) atoms. The van der Waals surface area contributed by atoms with E-state index in [9.17, 15) is 9.59 Å². The van der Waals surface area contributed by atoms with Gasteiger partial charge in [0.1, 0.15) is 0 Å². The monoisotopic (exact) mass is 215 g/mol. The summed E-state index contributed by atoms with van der Waals surface area (Å²) in [7, 11) is 0. The zero-order chi connectivity index (χ0) is 12.1. The van der Waals surface area contributed by atoms with Crippen LogP contribution in [-0.2, 0) is 9.59 Å². The van der Waals surface area contributed by atoms with Crippen molar-refractivity contribution in [1.29, 1.82) is 0 Å². The van der Waals surface area contributed by atoms with Crippen LogP contribution in [-0.4, -0.2) is 41.9 Å². The number of hydrogen-bond acceptors (Lipinski definition) is 3. The first-order valence-corrected chi connectivity index (χ1v) is 5.17. The zero-order valence-corrected chi connectivity index (χ0v) is 9.96. The molecule has 88 valence electrons. The molecule has 0 radical (unpaired) electrons. The van der Waals surface area contributed by atoms with Crippen LogP contribution in [0, 0.1) is 0 Å². The van der Waals surface area contributed by atoms with Crippen LogP contribution in [0.4, 0.5) is 0 Å². The Hall–Kier alpha value is -1.10. The van der Waals surface area contributed by atoms with E-state index in [1.165, 1.54) is 0 Å². The highest BCUT2D eigenvalue weighted by Crippen LogP contribution is 1.95. The van der Waals surface area contributed by atoms with E-state index in [1.54, 1.807) is 18.7 Å². The molecule has 0 atom stereocenters. The minimum Gasteiger partial charge on any atom is -0.345 e. The number of carbonyl (C=O) groups is 2. The number of amides is 2. The second-order valence-corrected chi connectivity index (χ2v) is 3.97. The van der Waals surface area contributed by atoms with Gasteiger partial charge in [0.25, 0.3) is 0 Å². The molecule has 0 spiro atoms. The summed E-state index contributed by atoms with van der Waals surface area (Å²) in [5.41, 5.74) is 4.63. The fourth-order valence-corrected chi connectivity index (χ4v) is 1.07. The molecule has 0 aromatic rings. The molecular formula is C10H21N3O2. The fourth-order valence-electron chi connectivity index (χ4n) is 1.07. The summed E-state index contributed by atoms with van der Waals surface area (Å²) in [5.74, 6) is -0.402. The summed E-state index contributed by atoms with van der Waals surface area (Å²) in [6.07, 6.45) is 0. The van der Waals surface area contributed by atoms with Gasteiger partial charge in [0.2, 0.25) is 11.8 Å². The maximum atomic E-state index is 11.5. The topological polar surface area (TPSA) is 75.4 Å². The smallest absolute Gasteiger partial charge is 0.241 e. The van der Waals surface area contributed by atoms with Gasteiger partial charge in [0.15, 0.2) is 0 Å². The second kappa shape index (κ2) is 5.70. The van der Waals surface area contributed by atoms with E-state index >= 15 is 0 Å². The lowest BCUT2D eigenvalue weighted by Crippen LogP contribution is -2.51. The largest absolute Gasteiger partial charge is 0.345 e. The molecule has 0 fully saturated rings. The highest BCUT2D eigenvalue weighted by Gasteiger charge is 2.22. The van der Waals surface area contributed by atoms with Crippen LogP contribution in [0.2, 0.25) is 0 Å². The lowest BCUT2D eigenvalue weighted by Gasteiger charge is -2.21. The van der Waals surface area contributed by atoms with Crippen LogP contribution < -0.4 is 11.1 Å². The first-order valence-electron chi connectivity index (χ1n) is 5.17. The van der Waals surface area contributed by atoms with Crippen LogP contribution in [0.15, 0.2) is 0 Å². The van der Waals surface area contributed by atoms with Crippen molar-refractivity contribution >= 4 is 11.8 Å². The van der Waals surface area contributed by atoms with Crippen LogP contribution in [0.25, 0.3) is 0 Å². The van der Waals surface area contributed by atoms with Gasteiger partial charge in [-0.15, -0.1) is 0 Å². The molecule has 0 bridgehead atoms. The van der Waals surface area contributed by atoms with Crippen LogP contribution in [0.5, 0.6) is 0 Å². The van der Waals surface area contributed by atoms with Crippen LogP contribution in [0.1, 0.15) is 27.7 Å². The standard InChI is InChI=1S/C10H21N3O2/c1-5-13(6-2)8(14)7-12-9(15)10(3,4)11/h5-7,11H2,1-4H3,(H,12,15). The molecular weight excluding hydrogens is 194 g/mol. The number of carbonyl (C=O) groups excluding carboxylic acids is 2. The lowest BCUT2D eigenvalue weighted by atomic mass is 10.1. The number of rotatable bonds is 5. The second-order valence-electron chi connectivity index (χ2n) is 3.97. The van der Waals surface area contributed by atoms with Gasteiger partial charge in [-0.3, -0.25) is 9.59 Å². The van der Waals surface area contributed by atoms with Gasteiger partial charge in [-0.05, 0) is 27.7 Å². The third-order valence-electron chi connectivity index (χ3n) is 2.10. The number of hydrogen-bond donors (Lipinski definition) is 2. The highest BCUT2D eigenvalue weighted by molar-refractivity contribution is 5.89. The molecule has 0 aliphatic heterocycles. The molecule has 0 unspecified atom stereocenters. The average molecular weight is 215 g/mol. The maximum Gasteiger partial charge on any atom is 0.241 e. The van der Waals surface area contributed by atoms with E-state index < -0.39 is 5.54 Å². The predicted octanol–water partition coefficient (Wildman–Crippen LogP) is -0.292. The summed E-state index contributed by atoms with van der Waals surface area (Å²) in [6, 6.07) is 0. The number of nitrogens with two attached hydrogens (primary N) is 1. The van der Waals surface area contributed by atoms with E-state index in [0.29, 0.717) is 13.1 Å². The van der Waals surface area contributed by atoms with Crippen molar-refractivity contribution in [3.63, 3.8) is 0 Å². The van der Waals surface area contributed by atoms with Gasteiger partial charge >= 0.3 is 0 Å². The SMILES string of the molecule is CCN(CC)C(=O)CNC(=O)C(C)(C)N. The molecule has 0 saturated carbocycles. The van der Waals surface area contributed by atoms with Crippen molar-refractivity contribution in [2.24, 2.45) is 5.73 Å². The molecule has 0 aliphatic carbocycles.